The Morgan fingerprint density at radius 2 is 2.03 bits per heavy atom. The van der Waals surface area contributed by atoms with Crippen molar-refractivity contribution in [1.82, 2.24) is 9.78 Å². The van der Waals surface area contributed by atoms with E-state index in [1.165, 1.54) is 0 Å². The third kappa shape index (κ3) is 4.41. The molecule has 1 saturated carbocycles. The highest BCUT2D eigenvalue weighted by molar-refractivity contribution is 7.90. The predicted octanol–water partition coefficient (Wildman–Crippen LogP) is 3.48. The molecule has 2 aliphatic rings. The standard InChI is InChI=1S/C21H27N3O5S2/c1-5-29-20(26)17-13-8-9-31(27,28)11-16(13)30-19(17)22-18(25)14-10-15(12-6-7-12)24(23-14)21(2,3)4/h10,12H,5-9,11H2,1-4H3,(H,22,25). The van der Waals surface area contributed by atoms with Gasteiger partial charge in [0.25, 0.3) is 5.91 Å². The molecule has 1 amide bonds. The van der Waals surface area contributed by atoms with Crippen LogP contribution in [0, 0.1) is 0 Å². The molecule has 0 spiro atoms. The lowest BCUT2D eigenvalue weighted by atomic mass is 10.1. The number of thiophene rings is 1. The number of hydrogen-bond acceptors (Lipinski definition) is 7. The quantitative estimate of drug-likeness (QED) is 0.678. The number of carbonyl (C=O) groups is 2. The van der Waals surface area contributed by atoms with Gasteiger partial charge in [-0.05, 0) is 58.6 Å². The van der Waals surface area contributed by atoms with Crippen molar-refractivity contribution in [3.8, 4) is 0 Å². The molecule has 1 N–H and O–H groups in total. The Morgan fingerprint density at radius 1 is 1.32 bits per heavy atom. The van der Waals surface area contributed by atoms with Crippen LogP contribution in [0.1, 0.15) is 83.4 Å². The molecule has 31 heavy (non-hydrogen) atoms. The fourth-order valence-corrected chi connectivity index (χ4v) is 6.84. The normalized spacial score (nSPS) is 17.8. The maximum absolute atomic E-state index is 13.1. The van der Waals surface area contributed by atoms with E-state index in [1.807, 2.05) is 31.5 Å². The van der Waals surface area contributed by atoms with Crippen molar-refractivity contribution >= 4 is 38.1 Å². The number of nitrogens with zero attached hydrogens (tertiary/aromatic N) is 2. The molecule has 168 valence electrons. The molecule has 1 aliphatic carbocycles. The van der Waals surface area contributed by atoms with Crippen LogP contribution in [0.15, 0.2) is 6.07 Å². The molecule has 2 aromatic rings. The number of fused-ring (bicyclic) bond motifs is 1. The summed E-state index contributed by atoms with van der Waals surface area (Å²) in [6.45, 7) is 8.02. The van der Waals surface area contributed by atoms with Gasteiger partial charge in [-0.25, -0.2) is 13.2 Å². The third-order valence-electron chi connectivity index (χ3n) is 5.41. The van der Waals surface area contributed by atoms with Gasteiger partial charge < -0.3 is 10.1 Å². The highest BCUT2D eigenvalue weighted by atomic mass is 32.2. The Hall–Kier alpha value is -2.20. The van der Waals surface area contributed by atoms with Crippen LogP contribution in [0.3, 0.4) is 0 Å². The molecular formula is C21H27N3O5S2. The number of amides is 1. The number of aromatic nitrogens is 2. The number of hydrogen-bond donors (Lipinski definition) is 1. The minimum atomic E-state index is -3.21. The van der Waals surface area contributed by atoms with E-state index in [1.54, 1.807) is 6.92 Å². The first-order valence-electron chi connectivity index (χ1n) is 10.4. The van der Waals surface area contributed by atoms with Gasteiger partial charge in [-0.2, -0.15) is 5.10 Å². The molecule has 0 aromatic carbocycles. The molecule has 3 heterocycles. The first-order valence-corrected chi connectivity index (χ1v) is 13.1. The van der Waals surface area contributed by atoms with Gasteiger partial charge in [0.2, 0.25) is 0 Å². The average Bonchev–Trinajstić information content (AvgIpc) is 3.29. The van der Waals surface area contributed by atoms with Crippen molar-refractivity contribution < 1.29 is 22.7 Å². The van der Waals surface area contributed by atoms with E-state index in [0.717, 1.165) is 29.9 Å². The monoisotopic (exact) mass is 465 g/mol. The summed E-state index contributed by atoms with van der Waals surface area (Å²) in [6.07, 6.45) is 2.41. The van der Waals surface area contributed by atoms with Gasteiger partial charge in [0.15, 0.2) is 15.5 Å². The van der Waals surface area contributed by atoms with Crippen LogP contribution in [-0.4, -0.2) is 42.4 Å². The number of sulfone groups is 1. The lowest BCUT2D eigenvalue weighted by Gasteiger charge is -2.22. The van der Waals surface area contributed by atoms with E-state index in [9.17, 15) is 18.0 Å². The summed E-state index contributed by atoms with van der Waals surface area (Å²) in [4.78, 5) is 26.3. The molecule has 0 atom stereocenters. The largest absolute Gasteiger partial charge is 0.462 e. The molecule has 0 unspecified atom stereocenters. The Kier molecular flexibility index (Phi) is 5.49. The van der Waals surface area contributed by atoms with E-state index >= 15 is 0 Å². The van der Waals surface area contributed by atoms with Crippen molar-refractivity contribution in [1.29, 1.82) is 0 Å². The lowest BCUT2D eigenvalue weighted by Crippen LogP contribution is -2.26. The summed E-state index contributed by atoms with van der Waals surface area (Å²) in [7, 11) is -3.21. The van der Waals surface area contributed by atoms with Crippen LogP contribution in [0.25, 0.3) is 0 Å². The van der Waals surface area contributed by atoms with Gasteiger partial charge in [0.1, 0.15) is 5.00 Å². The Bertz CT molecular complexity index is 1150. The molecule has 1 fully saturated rings. The number of anilines is 1. The SMILES string of the molecule is CCOC(=O)c1c(NC(=O)c2cc(C3CC3)n(C(C)(C)C)n2)sc2c1CCS(=O)(=O)C2. The molecule has 2 aromatic heterocycles. The zero-order valence-corrected chi connectivity index (χ0v) is 19.8. The maximum atomic E-state index is 13.1. The summed E-state index contributed by atoms with van der Waals surface area (Å²) in [5.74, 6) is -0.690. The second-order valence-electron chi connectivity index (χ2n) is 9.04. The average molecular weight is 466 g/mol. The first kappa shape index (κ1) is 22.0. The topological polar surface area (TPSA) is 107 Å². The molecule has 8 nitrogen and oxygen atoms in total. The second-order valence-corrected chi connectivity index (χ2v) is 12.3. The fraction of sp³-hybridized carbons (Fsp3) is 0.571. The summed E-state index contributed by atoms with van der Waals surface area (Å²) in [6, 6.07) is 1.82. The van der Waals surface area contributed by atoms with Gasteiger partial charge in [-0.1, -0.05) is 0 Å². The van der Waals surface area contributed by atoms with Crippen molar-refractivity contribution in [3.63, 3.8) is 0 Å². The van der Waals surface area contributed by atoms with Crippen LogP contribution in [-0.2, 0) is 32.3 Å². The van der Waals surface area contributed by atoms with E-state index in [0.29, 0.717) is 21.4 Å². The van der Waals surface area contributed by atoms with E-state index in [-0.39, 0.29) is 41.3 Å². The highest BCUT2D eigenvalue weighted by Crippen LogP contribution is 2.42. The van der Waals surface area contributed by atoms with Crippen molar-refractivity contribution in [2.45, 2.75) is 64.2 Å². The molecule has 1 aliphatic heterocycles. The molecule has 0 radical (unpaired) electrons. The van der Waals surface area contributed by atoms with Gasteiger partial charge in [-0.3, -0.25) is 9.48 Å². The summed E-state index contributed by atoms with van der Waals surface area (Å²) < 4.78 is 31.2. The number of carbonyl (C=O) groups excluding carboxylic acids is 2. The Morgan fingerprint density at radius 3 is 2.65 bits per heavy atom. The highest BCUT2D eigenvalue weighted by Gasteiger charge is 2.34. The molecule has 0 bridgehead atoms. The first-order chi connectivity index (χ1) is 14.5. The van der Waals surface area contributed by atoms with Gasteiger partial charge in [0, 0.05) is 16.5 Å². The van der Waals surface area contributed by atoms with Crippen LogP contribution in [0.5, 0.6) is 0 Å². The third-order valence-corrected chi connectivity index (χ3v) is 8.30. The van der Waals surface area contributed by atoms with Crippen LogP contribution in [0.2, 0.25) is 0 Å². The van der Waals surface area contributed by atoms with Crippen LogP contribution >= 0.6 is 11.3 Å². The van der Waals surface area contributed by atoms with E-state index in [2.05, 4.69) is 10.4 Å². The smallest absolute Gasteiger partial charge is 0.341 e. The van der Waals surface area contributed by atoms with Gasteiger partial charge in [0.05, 0.1) is 29.2 Å². The zero-order chi connectivity index (χ0) is 22.6. The molecule has 10 heteroatoms. The minimum absolute atomic E-state index is 0.0166. The second kappa shape index (κ2) is 7.74. The van der Waals surface area contributed by atoms with Gasteiger partial charge >= 0.3 is 5.97 Å². The summed E-state index contributed by atoms with van der Waals surface area (Å²) >= 11 is 1.13. The minimum Gasteiger partial charge on any atom is -0.462 e. The van der Waals surface area contributed by atoms with E-state index in [4.69, 9.17) is 4.74 Å². The van der Waals surface area contributed by atoms with Crippen molar-refractivity contribution in [3.05, 3.63) is 33.5 Å². The van der Waals surface area contributed by atoms with Crippen LogP contribution < -0.4 is 5.32 Å². The number of ether oxygens (including phenoxy) is 1. The molecule has 0 saturated heterocycles. The number of nitrogens with one attached hydrogen (secondary N) is 1. The number of esters is 1. The van der Waals surface area contributed by atoms with Gasteiger partial charge in [-0.15, -0.1) is 11.3 Å². The van der Waals surface area contributed by atoms with Crippen molar-refractivity contribution in [2.75, 3.05) is 17.7 Å². The summed E-state index contributed by atoms with van der Waals surface area (Å²) in [5.41, 5.74) is 1.99. The number of rotatable bonds is 5. The fourth-order valence-electron chi connectivity index (χ4n) is 3.81. The molecular weight excluding hydrogens is 438 g/mol. The summed E-state index contributed by atoms with van der Waals surface area (Å²) in [5, 5.41) is 7.68. The predicted molar refractivity (Wildman–Crippen MR) is 119 cm³/mol. The zero-order valence-electron chi connectivity index (χ0n) is 18.1. The van der Waals surface area contributed by atoms with Crippen LogP contribution in [0.4, 0.5) is 5.00 Å². The molecule has 4 rings (SSSR count). The lowest BCUT2D eigenvalue weighted by molar-refractivity contribution is 0.0527. The Balaban J connectivity index is 1.69. The maximum Gasteiger partial charge on any atom is 0.341 e. The van der Waals surface area contributed by atoms with E-state index < -0.39 is 21.7 Å². The Labute approximate surface area is 185 Å². The van der Waals surface area contributed by atoms with Crippen molar-refractivity contribution in [2.24, 2.45) is 0 Å².